The lowest BCUT2D eigenvalue weighted by Crippen LogP contribution is -2.41. The van der Waals surface area contributed by atoms with E-state index in [0.717, 1.165) is 6.07 Å². The first-order valence-corrected chi connectivity index (χ1v) is 9.20. The second-order valence-electron chi connectivity index (χ2n) is 6.74. The Hall–Kier alpha value is -3.92. The number of esters is 1. The molecule has 1 aliphatic heterocycles. The van der Waals surface area contributed by atoms with Crippen molar-refractivity contribution < 1.29 is 69.5 Å². The number of hydrogen-bond acceptors (Lipinski definition) is 10. The number of carbonyl (C=O) groups excluding carboxylic acids is 2. The molecular weight excluding hydrogens is 504 g/mol. The molecule has 1 aromatic rings. The van der Waals surface area contributed by atoms with Gasteiger partial charge in [-0.1, -0.05) is 0 Å². The molecule has 1 unspecified atom stereocenters. The van der Waals surface area contributed by atoms with Crippen LogP contribution >= 0.6 is 0 Å². The van der Waals surface area contributed by atoms with Gasteiger partial charge in [0.15, 0.2) is 0 Å². The summed E-state index contributed by atoms with van der Waals surface area (Å²) in [6.07, 6.45) is -15.1. The number of nitrogens with zero attached hydrogens (tertiary/aromatic N) is 1. The highest BCUT2D eigenvalue weighted by atomic mass is 19.4. The molecule has 194 valence electrons. The van der Waals surface area contributed by atoms with Crippen LogP contribution in [0.2, 0.25) is 0 Å². The predicted octanol–water partition coefficient (Wildman–Crippen LogP) is 3.85. The molecule has 11 nitrogen and oxygen atoms in total. The Morgan fingerprint density at radius 1 is 1.17 bits per heavy atom. The van der Waals surface area contributed by atoms with Crippen molar-refractivity contribution in [2.24, 2.45) is 0 Å². The molecule has 2 rings (SSSR count). The smallest absolute Gasteiger partial charge is 0.475 e. The lowest BCUT2D eigenvalue weighted by Gasteiger charge is -2.29. The number of carbonyl (C=O) groups is 2. The number of benzene rings is 1. The molecule has 35 heavy (non-hydrogen) atoms. The molecule has 0 aromatic heterocycles. The van der Waals surface area contributed by atoms with Crippen LogP contribution in [0, 0.1) is 17.0 Å². The Balaban J connectivity index is 2.14. The van der Waals surface area contributed by atoms with Crippen molar-refractivity contribution in [2.45, 2.75) is 38.6 Å². The van der Waals surface area contributed by atoms with Crippen molar-refractivity contribution >= 4 is 18.2 Å². The first-order chi connectivity index (χ1) is 16.1. The average molecular weight is 519 g/mol. The van der Waals surface area contributed by atoms with E-state index in [-0.39, 0.29) is 11.1 Å². The maximum atomic E-state index is 13.5. The van der Waals surface area contributed by atoms with Crippen molar-refractivity contribution in [3.63, 3.8) is 0 Å². The normalized spacial score (nSPS) is 16.1. The summed E-state index contributed by atoms with van der Waals surface area (Å²) >= 11 is 0. The van der Waals surface area contributed by atoms with Crippen LogP contribution in [0.25, 0.3) is 6.08 Å². The molecule has 1 aromatic carbocycles. The molecule has 0 aliphatic carbocycles. The van der Waals surface area contributed by atoms with E-state index in [9.17, 15) is 46.0 Å². The summed E-state index contributed by atoms with van der Waals surface area (Å²) in [4.78, 5) is 37.7. The van der Waals surface area contributed by atoms with Gasteiger partial charge >= 0.3 is 24.7 Å². The molecule has 0 spiro atoms. The quantitative estimate of drug-likeness (QED) is 0.164. The van der Waals surface area contributed by atoms with E-state index in [1.807, 2.05) is 0 Å². The molecule has 0 saturated heterocycles. The average Bonchev–Trinajstić information content (AvgIpc) is 2.69. The maximum absolute atomic E-state index is 13.5. The van der Waals surface area contributed by atoms with Crippen molar-refractivity contribution in [1.82, 2.24) is 0 Å². The van der Waals surface area contributed by atoms with Crippen LogP contribution in [0.5, 0.6) is 11.5 Å². The number of rotatable bonds is 8. The van der Waals surface area contributed by atoms with E-state index < -0.39 is 72.4 Å². The summed E-state index contributed by atoms with van der Waals surface area (Å²) in [5.41, 5.74) is -1.63. The Kier molecular flexibility index (Phi) is 8.24. The van der Waals surface area contributed by atoms with E-state index >= 15 is 0 Å². The summed E-state index contributed by atoms with van der Waals surface area (Å²) in [6, 6.07) is 1.51. The summed E-state index contributed by atoms with van der Waals surface area (Å²) in [5, 5.41) is 8.91. The predicted molar refractivity (Wildman–Crippen MR) is 97.2 cm³/mol. The van der Waals surface area contributed by atoms with Crippen molar-refractivity contribution in [3.05, 3.63) is 38.9 Å². The van der Waals surface area contributed by atoms with Gasteiger partial charge in [-0.3, -0.25) is 0 Å². The van der Waals surface area contributed by atoms with Crippen LogP contribution < -0.4 is 9.47 Å². The zero-order valence-corrected chi connectivity index (χ0v) is 17.6. The fraction of sp³-hybridized carbons (Fsp3) is 0.444. The number of fused-ring (bicyclic) bond motifs is 1. The lowest BCUT2D eigenvalue weighted by molar-refractivity contribution is -0.759. The minimum Gasteiger partial charge on any atom is -0.475 e. The van der Waals surface area contributed by atoms with Crippen LogP contribution in [0.15, 0.2) is 17.7 Å². The molecule has 0 bridgehead atoms. The van der Waals surface area contributed by atoms with Crippen LogP contribution in [-0.4, -0.2) is 55.4 Å². The second-order valence-corrected chi connectivity index (χ2v) is 6.74. The standard InChI is InChI=1S/C18H15F6NO10/c1-8-3-11(35-18(22,23)24)4-10-5-12(14(17(19,20)21)34-13(8)10)15(26)30-7-31-16(27)33-9(2)6-32-25(28)29/h3-5,9,14H,6-7H2,1-2H3/t9-,14?/m0/s1. The van der Waals surface area contributed by atoms with Crippen LogP contribution in [0.1, 0.15) is 18.1 Å². The first kappa shape index (κ1) is 27.3. The van der Waals surface area contributed by atoms with Crippen LogP contribution in [0.3, 0.4) is 0 Å². The summed E-state index contributed by atoms with van der Waals surface area (Å²) in [5.74, 6) is -2.88. The molecule has 2 atom stereocenters. The molecule has 0 saturated carbocycles. The lowest BCUT2D eigenvalue weighted by atomic mass is 9.99. The van der Waals surface area contributed by atoms with Crippen LogP contribution in [-0.2, 0) is 23.8 Å². The van der Waals surface area contributed by atoms with Crippen molar-refractivity contribution in [3.8, 4) is 11.5 Å². The SMILES string of the molecule is Cc1cc(OC(F)(F)F)cc2c1OC(C(F)(F)F)C(C(=O)OCOC(=O)O[C@@H](C)CO[N+](=O)[O-])=C2. The molecule has 0 fully saturated rings. The van der Waals surface area contributed by atoms with Gasteiger partial charge in [0.1, 0.15) is 24.2 Å². The van der Waals surface area contributed by atoms with E-state index in [4.69, 9.17) is 4.74 Å². The van der Waals surface area contributed by atoms with E-state index in [1.165, 1.54) is 13.8 Å². The molecule has 17 heteroatoms. The minimum absolute atomic E-state index is 0.138. The maximum Gasteiger partial charge on any atom is 0.573 e. The first-order valence-electron chi connectivity index (χ1n) is 9.20. The highest BCUT2D eigenvalue weighted by molar-refractivity contribution is 5.96. The van der Waals surface area contributed by atoms with E-state index in [0.29, 0.717) is 12.1 Å². The molecule has 0 radical (unpaired) electrons. The summed E-state index contributed by atoms with van der Waals surface area (Å²) in [7, 11) is 0. The van der Waals surface area contributed by atoms with Gasteiger partial charge in [-0.2, -0.15) is 13.2 Å². The van der Waals surface area contributed by atoms with Crippen LogP contribution in [0.4, 0.5) is 31.1 Å². The summed E-state index contributed by atoms with van der Waals surface area (Å²) in [6.45, 7) is 0.471. The van der Waals surface area contributed by atoms with E-state index in [2.05, 4.69) is 23.8 Å². The molecule has 0 N–H and O–H groups in total. The monoisotopic (exact) mass is 519 g/mol. The highest BCUT2D eigenvalue weighted by Crippen LogP contribution is 2.41. The van der Waals surface area contributed by atoms with Gasteiger partial charge in [0.05, 0.1) is 5.57 Å². The van der Waals surface area contributed by atoms with Crippen molar-refractivity contribution in [1.29, 1.82) is 0 Å². The highest BCUT2D eigenvalue weighted by Gasteiger charge is 2.49. The largest absolute Gasteiger partial charge is 0.573 e. The Bertz CT molecular complexity index is 1010. The molecular formula is C18H15F6NO10. The minimum atomic E-state index is -5.14. The Morgan fingerprint density at radius 3 is 2.40 bits per heavy atom. The fourth-order valence-electron chi connectivity index (χ4n) is 2.67. The molecule has 0 amide bonds. The Morgan fingerprint density at radius 2 is 1.83 bits per heavy atom. The van der Waals surface area contributed by atoms with Gasteiger partial charge in [0, 0.05) is 5.56 Å². The zero-order chi connectivity index (χ0) is 26.6. The second kappa shape index (κ2) is 10.6. The number of hydrogen-bond donors (Lipinski definition) is 0. The number of halogens is 6. The van der Waals surface area contributed by atoms with Gasteiger partial charge in [-0.05, 0) is 37.6 Å². The Labute approximate surface area is 191 Å². The van der Waals surface area contributed by atoms with Gasteiger partial charge in [-0.15, -0.1) is 23.3 Å². The number of aryl methyl sites for hydroxylation is 1. The number of alkyl halides is 6. The van der Waals surface area contributed by atoms with Gasteiger partial charge < -0.3 is 28.5 Å². The molecule has 1 heterocycles. The number of ether oxygens (including phenoxy) is 5. The van der Waals surface area contributed by atoms with Gasteiger partial charge in [-0.25, -0.2) is 9.59 Å². The van der Waals surface area contributed by atoms with Crippen molar-refractivity contribution in [2.75, 3.05) is 13.4 Å². The third-order valence-corrected chi connectivity index (χ3v) is 3.95. The third-order valence-electron chi connectivity index (χ3n) is 3.95. The third kappa shape index (κ3) is 8.11. The van der Waals surface area contributed by atoms with Gasteiger partial charge in [0.2, 0.25) is 12.9 Å². The summed E-state index contributed by atoms with van der Waals surface area (Å²) < 4.78 is 99.9. The zero-order valence-electron chi connectivity index (χ0n) is 17.6. The molecule has 1 aliphatic rings. The fourth-order valence-corrected chi connectivity index (χ4v) is 2.67. The van der Waals surface area contributed by atoms with E-state index in [1.54, 1.807) is 0 Å². The van der Waals surface area contributed by atoms with Gasteiger partial charge in [0.25, 0.3) is 5.09 Å². The topological polar surface area (TPSA) is 133 Å².